The Labute approximate surface area is 161 Å². The molecule has 1 aliphatic carbocycles. The van der Waals surface area contributed by atoms with Crippen LogP contribution in [0.4, 0.5) is 5.69 Å². The number of hydrogen-bond acceptors (Lipinski definition) is 3. The summed E-state index contributed by atoms with van der Waals surface area (Å²) in [6, 6.07) is 9.71. The van der Waals surface area contributed by atoms with E-state index < -0.39 is 0 Å². The van der Waals surface area contributed by atoms with Crippen LogP contribution in [0.15, 0.2) is 36.9 Å². The highest BCUT2D eigenvalue weighted by molar-refractivity contribution is 5.66. The summed E-state index contributed by atoms with van der Waals surface area (Å²) >= 11 is 0. The maximum absolute atomic E-state index is 11.9. The quantitative estimate of drug-likeness (QED) is 0.636. The van der Waals surface area contributed by atoms with Crippen molar-refractivity contribution in [3.63, 3.8) is 0 Å². The molecule has 5 fully saturated rings. The Hall–Kier alpha value is -1.36. The summed E-state index contributed by atoms with van der Waals surface area (Å²) in [4.78, 5) is 2.44. The van der Waals surface area contributed by atoms with Crippen LogP contribution in [0.1, 0.15) is 31.7 Å². The van der Waals surface area contributed by atoms with Crippen LogP contribution in [0.2, 0.25) is 0 Å². The van der Waals surface area contributed by atoms with Gasteiger partial charge in [-0.3, -0.25) is 4.48 Å². The Balaban J connectivity index is 1.63. The first-order valence-electron chi connectivity index (χ1n) is 10.7. The second-order valence-corrected chi connectivity index (χ2v) is 9.83. The third-order valence-corrected chi connectivity index (χ3v) is 9.56. The van der Waals surface area contributed by atoms with E-state index in [0.717, 1.165) is 30.3 Å². The molecule has 5 aliphatic heterocycles. The number of benzene rings is 1. The monoisotopic (exact) mass is 367 g/mol. The highest BCUT2D eigenvalue weighted by Gasteiger charge is 2.82. The minimum atomic E-state index is -0.321. The van der Waals surface area contributed by atoms with Crippen LogP contribution < -0.4 is 4.90 Å². The van der Waals surface area contributed by atoms with E-state index in [9.17, 15) is 10.2 Å². The van der Waals surface area contributed by atoms with E-state index in [-0.39, 0.29) is 23.8 Å². The van der Waals surface area contributed by atoms with Crippen LogP contribution in [0, 0.1) is 17.8 Å². The van der Waals surface area contributed by atoms with Gasteiger partial charge >= 0.3 is 0 Å². The maximum atomic E-state index is 11.9. The first kappa shape index (κ1) is 16.6. The predicted octanol–water partition coefficient (Wildman–Crippen LogP) is 2.26. The lowest BCUT2D eigenvalue weighted by Gasteiger charge is -2.67. The molecular weight excluding hydrogens is 336 g/mol. The molecule has 5 bridgehead atoms. The van der Waals surface area contributed by atoms with Gasteiger partial charge in [0.15, 0.2) is 6.23 Å². The summed E-state index contributed by atoms with van der Waals surface area (Å²) in [5, 5.41) is 23.5. The summed E-state index contributed by atoms with van der Waals surface area (Å²) in [6.45, 7) is 7.10. The van der Waals surface area contributed by atoms with Crippen LogP contribution >= 0.6 is 0 Å². The van der Waals surface area contributed by atoms with Gasteiger partial charge < -0.3 is 15.1 Å². The molecular formula is C23H31N2O2+. The second kappa shape index (κ2) is 4.97. The molecule has 1 aromatic carbocycles. The largest absolute Gasteiger partial charge is 0.392 e. The van der Waals surface area contributed by atoms with E-state index in [1.807, 2.05) is 6.08 Å². The molecule has 7 rings (SSSR count). The number of para-hydroxylation sites is 1. The van der Waals surface area contributed by atoms with Gasteiger partial charge in [-0.2, -0.15) is 0 Å². The summed E-state index contributed by atoms with van der Waals surface area (Å²) in [5.41, 5.74) is 2.47. The number of aliphatic hydroxyl groups is 2. The second-order valence-electron chi connectivity index (χ2n) is 9.83. The summed E-state index contributed by atoms with van der Waals surface area (Å²) in [7, 11) is 2.21. The lowest BCUT2D eigenvalue weighted by atomic mass is 9.60. The third kappa shape index (κ3) is 1.47. The number of quaternary nitrogens is 1. The molecule has 1 spiro atoms. The first-order valence-corrected chi connectivity index (χ1v) is 10.7. The van der Waals surface area contributed by atoms with E-state index in [0.29, 0.717) is 29.8 Å². The van der Waals surface area contributed by atoms with Crippen molar-refractivity contribution in [3.05, 3.63) is 42.5 Å². The van der Waals surface area contributed by atoms with Gasteiger partial charge in [0.2, 0.25) is 0 Å². The Bertz CT molecular complexity index is 826. The van der Waals surface area contributed by atoms with Gasteiger partial charge in [-0.05, 0) is 30.0 Å². The number of anilines is 1. The van der Waals surface area contributed by atoms with Crippen LogP contribution in [-0.4, -0.2) is 58.7 Å². The molecule has 5 heterocycles. The van der Waals surface area contributed by atoms with Crippen LogP contribution in [-0.2, 0) is 5.41 Å². The van der Waals surface area contributed by atoms with Crippen molar-refractivity contribution in [2.75, 3.05) is 18.5 Å². The topological polar surface area (TPSA) is 43.7 Å². The lowest BCUT2D eigenvalue weighted by molar-refractivity contribution is -1.03. The zero-order chi connectivity index (χ0) is 18.7. The minimum Gasteiger partial charge on any atom is -0.392 e. The highest BCUT2D eigenvalue weighted by atomic mass is 16.3. The Morgan fingerprint density at radius 1 is 1.30 bits per heavy atom. The van der Waals surface area contributed by atoms with Crippen molar-refractivity contribution >= 4 is 5.69 Å². The first-order chi connectivity index (χ1) is 13.0. The van der Waals surface area contributed by atoms with Gasteiger partial charge in [0.25, 0.3) is 0 Å². The summed E-state index contributed by atoms with van der Waals surface area (Å²) in [5.74, 6) is 1.05. The van der Waals surface area contributed by atoms with E-state index >= 15 is 0 Å². The van der Waals surface area contributed by atoms with Crippen molar-refractivity contribution in [2.45, 2.75) is 62.1 Å². The van der Waals surface area contributed by atoms with Gasteiger partial charge in [-0.25, -0.2) is 0 Å². The lowest BCUT2D eigenvalue weighted by Crippen LogP contribution is -2.82. The van der Waals surface area contributed by atoms with E-state index in [2.05, 4.69) is 49.7 Å². The highest BCUT2D eigenvalue weighted by Crippen LogP contribution is 2.71. The smallest absolute Gasteiger partial charge is 0.194 e. The van der Waals surface area contributed by atoms with Crippen molar-refractivity contribution in [3.8, 4) is 0 Å². The third-order valence-electron chi connectivity index (χ3n) is 9.56. The molecule has 144 valence electrons. The zero-order valence-electron chi connectivity index (χ0n) is 16.3. The molecule has 0 radical (unpaired) electrons. The molecule has 10 atom stereocenters. The average molecular weight is 368 g/mol. The number of fused-ring (bicyclic) bond motifs is 2. The Kier molecular flexibility index (Phi) is 3.05. The van der Waals surface area contributed by atoms with Gasteiger partial charge in [0.1, 0.15) is 6.04 Å². The van der Waals surface area contributed by atoms with E-state index in [1.54, 1.807) is 0 Å². The minimum absolute atomic E-state index is 0.161. The number of likely N-dealkylation sites (N-methyl/N-ethyl adjacent to an activating group) is 1. The van der Waals surface area contributed by atoms with Crippen LogP contribution in [0.25, 0.3) is 0 Å². The SMILES string of the molecule is C=CC[N+]12C(O)C(CC)C3CC1C1N(C)c4ccccc4C14CC2C3C4O. The van der Waals surface area contributed by atoms with Crippen molar-refractivity contribution < 1.29 is 14.7 Å². The van der Waals surface area contributed by atoms with Gasteiger partial charge in [-0.15, -0.1) is 0 Å². The van der Waals surface area contributed by atoms with Gasteiger partial charge in [0, 0.05) is 37.4 Å². The summed E-state index contributed by atoms with van der Waals surface area (Å²) < 4.78 is 0.755. The van der Waals surface area contributed by atoms with Crippen molar-refractivity contribution in [2.24, 2.45) is 17.8 Å². The molecule has 4 heteroatoms. The average Bonchev–Trinajstić information content (AvgIpc) is 3.06. The molecule has 1 aromatic rings. The van der Waals surface area contributed by atoms with Gasteiger partial charge in [0.05, 0.1) is 30.1 Å². The van der Waals surface area contributed by atoms with Crippen LogP contribution in [0.5, 0.6) is 0 Å². The van der Waals surface area contributed by atoms with Crippen LogP contribution in [0.3, 0.4) is 0 Å². The molecule has 1 saturated carbocycles. The zero-order valence-corrected chi connectivity index (χ0v) is 16.3. The molecule has 6 aliphatic rings. The van der Waals surface area contributed by atoms with E-state index in [4.69, 9.17) is 0 Å². The molecule has 27 heavy (non-hydrogen) atoms. The molecule has 4 saturated heterocycles. The Morgan fingerprint density at radius 3 is 2.81 bits per heavy atom. The van der Waals surface area contributed by atoms with Crippen molar-refractivity contribution in [1.82, 2.24) is 0 Å². The fourth-order valence-corrected chi connectivity index (χ4v) is 8.98. The predicted molar refractivity (Wildman–Crippen MR) is 105 cm³/mol. The number of hydrogen-bond donors (Lipinski definition) is 2. The maximum Gasteiger partial charge on any atom is 0.194 e. The molecule has 4 nitrogen and oxygen atoms in total. The number of aliphatic hydroxyl groups excluding tert-OH is 2. The van der Waals surface area contributed by atoms with Gasteiger partial charge in [-0.1, -0.05) is 31.7 Å². The molecule has 0 amide bonds. The number of piperidine rings is 4. The Morgan fingerprint density at radius 2 is 2.07 bits per heavy atom. The fourth-order valence-electron chi connectivity index (χ4n) is 8.98. The normalized spacial score (nSPS) is 53.6. The molecule has 2 N–H and O–H groups in total. The molecule has 0 aromatic heterocycles. The number of rotatable bonds is 3. The standard InChI is InChI=1S/C23H31N2O2/c1-4-10-25-17-11-14(13(5-2)22(25)27)19-18(25)12-23(21(19)26)15-8-6-7-9-16(15)24(3)20(17)23/h4,6-9,13-14,17-22,26-27H,1,5,10-12H2,2-3H3/q+1. The number of nitrogens with zero attached hydrogens (tertiary/aromatic N) is 2. The van der Waals surface area contributed by atoms with Crippen molar-refractivity contribution in [1.29, 1.82) is 0 Å². The molecule has 10 unspecified atom stereocenters. The summed E-state index contributed by atoms with van der Waals surface area (Å²) in [6.07, 6.45) is 4.52. The van der Waals surface area contributed by atoms with E-state index in [1.165, 1.54) is 11.3 Å². The fraction of sp³-hybridized carbons (Fsp3) is 0.652.